The van der Waals surface area contributed by atoms with E-state index in [1.165, 1.54) is 11.8 Å². The molecule has 1 aliphatic carbocycles. The van der Waals surface area contributed by atoms with Gasteiger partial charge in [0, 0.05) is 11.4 Å². The van der Waals surface area contributed by atoms with Gasteiger partial charge in [0.15, 0.2) is 0 Å². The molecule has 0 aliphatic heterocycles. The van der Waals surface area contributed by atoms with Crippen molar-refractivity contribution in [2.45, 2.75) is 29.8 Å². The second-order valence-corrected chi connectivity index (χ2v) is 5.51. The van der Waals surface area contributed by atoms with Gasteiger partial charge in [-0.05, 0) is 31.4 Å². The van der Waals surface area contributed by atoms with Crippen molar-refractivity contribution in [3.05, 3.63) is 30.3 Å². The van der Waals surface area contributed by atoms with Gasteiger partial charge < -0.3 is 10.4 Å². The average molecular weight is 251 g/mol. The number of nitrogens with one attached hydrogen (secondary N) is 1. The summed E-state index contributed by atoms with van der Waals surface area (Å²) >= 11 is 1.51. The Balaban J connectivity index is 1.67. The lowest BCUT2D eigenvalue weighted by Gasteiger charge is -2.36. The fourth-order valence-electron chi connectivity index (χ4n) is 1.74. The summed E-state index contributed by atoms with van der Waals surface area (Å²) in [5, 5.41) is 12.6. The van der Waals surface area contributed by atoms with Crippen molar-refractivity contribution in [3.8, 4) is 0 Å². The maximum atomic E-state index is 11.6. The minimum absolute atomic E-state index is 0.0146. The number of amides is 1. The van der Waals surface area contributed by atoms with Gasteiger partial charge >= 0.3 is 0 Å². The van der Waals surface area contributed by atoms with Crippen molar-refractivity contribution in [3.63, 3.8) is 0 Å². The highest BCUT2D eigenvalue weighted by atomic mass is 32.2. The first kappa shape index (κ1) is 12.5. The van der Waals surface area contributed by atoms with Crippen LogP contribution in [0.2, 0.25) is 0 Å². The molecule has 92 valence electrons. The average Bonchev–Trinajstić information content (AvgIpc) is 2.33. The van der Waals surface area contributed by atoms with Crippen LogP contribution in [0.1, 0.15) is 19.3 Å². The number of carbonyl (C=O) groups is 1. The van der Waals surface area contributed by atoms with E-state index in [4.69, 9.17) is 0 Å². The molecule has 0 spiro atoms. The highest BCUT2D eigenvalue weighted by molar-refractivity contribution is 8.00. The molecule has 1 aromatic carbocycles. The molecular weight excluding hydrogens is 234 g/mol. The minimum Gasteiger partial charge on any atom is -0.388 e. The van der Waals surface area contributed by atoms with Gasteiger partial charge in [-0.1, -0.05) is 18.2 Å². The van der Waals surface area contributed by atoms with E-state index in [1.54, 1.807) is 0 Å². The number of carbonyl (C=O) groups excluding carboxylic acids is 1. The molecule has 2 N–H and O–H groups in total. The van der Waals surface area contributed by atoms with Crippen molar-refractivity contribution < 1.29 is 9.90 Å². The number of hydrogen-bond acceptors (Lipinski definition) is 3. The Morgan fingerprint density at radius 3 is 2.65 bits per heavy atom. The van der Waals surface area contributed by atoms with Crippen LogP contribution in [0.25, 0.3) is 0 Å². The summed E-state index contributed by atoms with van der Waals surface area (Å²) in [7, 11) is 0. The van der Waals surface area contributed by atoms with E-state index in [2.05, 4.69) is 5.32 Å². The van der Waals surface area contributed by atoms with Gasteiger partial charge in [0.05, 0.1) is 11.4 Å². The molecule has 0 unspecified atom stereocenters. The molecule has 1 aliphatic rings. The van der Waals surface area contributed by atoms with E-state index in [9.17, 15) is 9.90 Å². The topological polar surface area (TPSA) is 49.3 Å². The second kappa shape index (κ2) is 5.56. The summed E-state index contributed by atoms with van der Waals surface area (Å²) in [5.41, 5.74) is -0.632. The Hall–Kier alpha value is -1.00. The summed E-state index contributed by atoms with van der Waals surface area (Å²) in [6.45, 7) is 0.390. The maximum Gasteiger partial charge on any atom is 0.230 e. The quantitative estimate of drug-likeness (QED) is 0.785. The zero-order valence-corrected chi connectivity index (χ0v) is 10.5. The molecule has 1 fully saturated rings. The summed E-state index contributed by atoms with van der Waals surface area (Å²) in [4.78, 5) is 12.6. The molecule has 1 aromatic rings. The molecule has 0 aromatic heterocycles. The predicted octanol–water partition coefficient (Wildman–Crippen LogP) is 1.81. The van der Waals surface area contributed by atoms with E-state index in [0.717, 1.165) is 24.2 Å². The summed E-state index contributed by atoms with van der Waals surface area (Å²) < 4.78 is 0. The largest absolute Gasteiger partial charge is 0.388 e. The van der Waals surface area contributed by atoms with Crippen molar-refractivity contribution in [2.75, 3.05) is 12.3 Å². The van der Waals surface area contributed by atoms with Crippen LogP contribution < -0.4 is 5.32 Å². The van der Waals surface area contributed by atoms with E-state index < -0.39 is 5.60 Å². The minimum atomic E-state index is -0.632. The van der Waals surface area contributed by atoms with Gasteiger partial charge in [0.25, 0.3) is 0 Å². The molecule has 1 amide bonds. The first-order valence-electron chi connectivity index (χ1n) is 5.85. The van der Waals surface area contributed by atoms with Gasteiger partial charge in [0.1, 0.15) is 0 Å². The number of benzene rings is 1. The van der Waals surface area contributed by atoms with Crippen molar-refractivity contribution in [2.24, 2.45) is 0 Å². The zero-order valence-electron chi connectivity index (χ0n) is 9.69. The predicted molar refractivity (Wildman–Crippen MR) is 69.0 cm³/mol. The molecule has 0 radical (unpaired) electrons. The normalized spacial score (nSPS) is 17.2. The third kappa shape index (κ3) is 3.75. The number of aliphatic hydroxyl groups is 1. The monoisotopic (exact) mass is 251 g/mol. The molecule has 2 rings (SSSR count). The Labute approximate surface area is 106 Å². The zero-order chi connectivity index (χ0) is 12.1. The molecule has 3 nitrogen and oxygen atoms in total. The molecule has 0 saturated heterocycles. The lowest BCUT2D eigenvalue weighted by Crippen LogP contribution is -2.48. The number of thioether (sulfide) groups is 1. The van der Waals surface area contributed by atoms with Crippen LogP contribution in [-0.4, -0.2) is 28.9 Å². The first-order valence-corrected chi connectivity index (χ1v) is 6.83. The Kier molecular flexibility index (Phi) is 4.07. The highest BCUT2D eigenvalue weighted by Gasteiger charge is 2.34. The first-order chi connectivity index (χ1) is 8.18. The third-order valence-electron chi connectivity index (χ3n) is 3.01. The van der Waals surface area contributed by atoms with Gasteiger partial charge in [-0.2, -0.15) is 0 Å². The van der Waals surface area contributed by atoms with E-state index in [0.29, 0.717) is 12.3 Å². The smallest absolute Gasteiger partial charge is 0.230 e. The van der Waals surface area contributed by atoms with Gasteiger partial charge in [-0.15, -0.1) is 11.8 Å². The summed E-state index contributed by atoms with van der Waals surface area (Å²) in [6.07, 6.45) is 2.67. The molecular formula is C13H17NO2S. The third-order valence-corrected chi connectivity index (χ3v) is 4.02. The standard InChI is InChI=1S/C13H17NO2S/c15-12(14-10-13(16)7-4-8-13)9-17-11-5-2-1-3-6-11/h1-3,5-6,16H,4,7-10H2,(H,14,15). The Bertz CT molecular complexity index is 376. The summed E-state index contributed by atoms with van der Waals surface area (Å²) in [5.74, 6) is 0.388. The molecule has 0 heterocycles. The lowest BCUT2D eigenvalue weighted by atomic mass is 9.80. The van der Waals surface area contributed by atoms with Crippen LogP contribution in [0, 0.1) is 0 Å². The van der Waals surface area contributed by atoms with E-state index >= 15 is 0 Å². The van der Waals surface area contributed by atoms with Crippen LogP contribution in [0.5, 0.6) is 0 Å². The summed E-state index contributed by atoms with van der Waals surface area (Å²) in [6, 6.07) is 9.83. The van der Waals surface area contributed by atoms with Gasteiger partial charge in [-0.3, -0.25) is 4.79 Å². The van der Waals surface area contributed by atoms with E-state index in [1.807, 2.05) is 30.3 Å². The SMILES string of the molecule is O=C(CSc1ccccc1)NCC1(O)CCC1. The van der Waals surface area contributed by atoms with Crippen LogP contribution >= 0.6 is 11.8 Å². The second-order valence-electron chi connectivity index (χ2n) is 4.46. The number of hydrogen-bond donors (Lipinski definition) is 2. The fourth-order valence-corrected chi connectivity index (χ4v) is 2.49. The Morgan fingerprint density at radius 2 is 2.06 bits per heavy atom. The Morgan fingerprint density at radius 1 is 1.35 bits per heavy atom. The highest BCUT2D eigenvalue weighted by Crippen LogP contribution is 2.30. The lowest BCUT2D eigenvalue weighted by molar-refractivity contribution is -0.121. The molecule has 1 saturated carbocycles. The van der Waals surface area contributed by atoms with Gasteiger partial charge in [0.2, 0.25) is 5.91 Å². The van der Waals surface area contributed by atoms with Crippen molar-refractivity contribution in [1.82, 2.24) is 5.32 Å². The fraction of sp³-hybridized carbons (Fsp3) is 0.462. The van der Waals surface area contributed by atoms with Crippen LogP contribution in [0.4, 0.5) is 0 Å². The van der Waals surface area contributed by atoms with E-state index in [-0.39, 0.29) is 5.91 Å². The van der Waals surface area contributed by atoms with Crippen LogP contribution in [0.3, 0.4) is 0 Å². The van der Waals surface area contributed by atoms with Crippen LogP contribution in [0.15, 0.2) is 35.2 Å². The van der Waals surface area contributed by atoms with Gasteiger partial charge in [-0.25, -0.2) is 0 Å². The molecule has 0 atom stereocenters. The number of rotatable bonds is 5. The van der Waals surface area contributed by atoms with Crippen LogP contribution in [-0.2, 0) is 4.79 Å². The molecule has 4 heteroatoms. The maximum absolute atomic E-state index is 11.6. The van der Waals surface area contributed by atoms with Crippen molar-refractivity contribution >= 4 is 17.7 Å². The molecule has 17 heavy (non-hydrogen) atoms. The van der Waals surface area contributed by atoms with Crippen molar-refractivity contribution in [1.29, 1.82) is 0 Å². The molecule has 0 bridgehead atoms.